The maximum Gasteiger partial charge on any atom is 0.172 e. The fraction of sp³-hybridized carbons (Fsp3) is 0.583. The Bertz CT molecular complexity index is 296. The molecule has 0 aliphatic carbocycles. The van der Waals surface area contributed by atoms with Crippen molar-refractivity contribution in [3.63, 3.8) is 0 Å². The Kier molecular flexibility index (Phi) is 4.87. The van der Waals surface area contributed by atoms with Crippen molar-refractivity contribution in [2.75, 3.05) is 5.75 Å². The molecule has 1 nitrogen and oxygen atoms in total. The third-order valence-electron chi connectivity index (χ3n) is 1.88. The van der Waals surface area contributed by atoms with Crippen molar-refractivity contribution >= 4 is 28.9 Å². The summed E-state index contributed by atoms with van der Waals surface area (Å²) in [5.74, 6) is 1.36. The first-order chi connectivity index (χ1) is 6.99. The van der Waals surface area contributed by atoms with Gasteiger partial charge >= 0.3 is 0 Å². The van der Waals surface area contributed by atoms with Gasteiger partial charge in [-0.3, -0.25) is 4.79 Å². The zero-order chi connectivity index (χ0) is 11.3. The van der Waals surface area contributed by atoms with Crippen molar-refractivity contribution in [2.24, 2.45) is 0 Å². The quantitative estimate of drug-likeness (QED) is 0.567. The van der Waals surface area contributed by atoms with Crippen molar-refractivity contribution < 1.29 is 4.79 Å². The Morgan fingerprint density at radius 3 is 2.73 bits per heavy atom. The van der Waals surface area contributed by atoms with Crippen LogP contribution in [0.2, 0.25) is 0 Å². The number of carbonyl (C=O) groups excluding carboxylic acids is 1. The summed E-state index contributed by atoms with van der Waals surface area (Å²) < 4.78 is 0.311. The molecule has 15 heavy (non-hydrogen) atoms. The standard InChI is InChI=1S/C12H18OS2/c1-12(2,3)15-9-4-6-10(13)11-7-5-8-14-11/h5,7-8H,4,6,9H2,1-3H3. The summed E-state index contributed by atoms with van der Waals surface area (Å²) in [5.41, 5.74) is 0. The molecular weight excluding hydrogens is 224 g/mol. The topological polar surface area (TPSA) is 17.1 Å². The summed E-state index contributed by atoms with van der Waals surface area (Å²) in [4.78, 5) is 12.5. The van der Waals surface area contributed by atoms with E-state index in [1.807, 2.05) is 29.3 Å². The zero-order valence-electron chi connectivity index (χ0n) is 9.58. The number of thiophene rings is 1. The molecule has 0 spiro atoms. The highest BCUT2D eigenvalue weighted by Crippen LogP contribution is 2.24. The monoisotopic (exact) mass is 242 g/mol. The lowest BCUT2D eigenvalue weighted by atomic mass is 10.2. The number of hydrogen-bond donors (Lipinski definition) is 0. The predicted molar refractivity (Wildman–Crippen MR) is 70.1 cm³/mol. The van der Waals surface area contributed by atoms with E-state index in [2.05, 4.69) is 20.8 Å². The van der Waals surface area contributed by atoms with Crippen LogP contribution in [-0.4, -0.2) is 16.3 Å². The second-order valence-corrected chi connectivity index (χ2v) is 7.33. The van der Waals surface area contributed by atoms with Gasteiger partial charge in [0.2, 0.25) is 0 Å². The molecule has 0 aliphatic rings. The number of ketones is 1. The molecule has 0 saturated carbocycles. The van der Waals surface area contributed by atoms with Crippen LogP contribution in [0.15, 0.2) is 17.5 Å². The van der Waals surface area contributed by atoms with Crippen LogP contribution < -0.4 is 0 Å². The van der Waals surface area contributed by atoms with Crippen LogP contribution in [0, 0.1) is 0 Å². The van der Waals surface area contributed by atoms with Gasteiger partial charge in [-0.05, 0) is 23.6 Å². The molecule has 1 aromatic rings. The van der Waals surface area contributed by atoms with Gasteiger partial charge in [-0.1, -0.05) is 26.8 Å². The molecule has 0 fully saturated rings. The molecule has 0 unspecified atom stereocenters. The van der Waals surface area contributed by atoms with Gasteiger partial charge < -0.3 is 0 Å². The van der Waals surface area contributed by atoms with Crippen LogP contribution in [0.3, 0.4) is 0 Å². The van der Waals surface area contributed by atoms with E-state index in [1.165, 1.54) is 11.3 Å². The molecule has 0 saturated heterocycles. The fourth-order valence-corrected chi connectivity index (χ4v) is 2.77. The molecule has 0 aromatic carbocycles. The molecule has 84 valence electrons. The maximum absolute atomic E-state index is 11.6. The molecule has 0 amide bonds. The van der Waals surface area contributed by atoms with Gasteiger partial charge in [0.1, 0.15) is 0 Å². The largest absolute Gasteiger partial charge is 0.293 e. The summed E-state index contributed by atoms with van der Waals surface area (Å²) >= 11 is 3.46. The Hall–Kier alpha value is -0.280. The number of Topliss-reactive ketones (excluding diaryl/α,β-unsaturated/α-hetero) is 1. The van der Waals surface area contributed by atoms with Crippen molar-refractivity contribution in [3.8, 4) is 0 Å². The fourth-order valence-electron chi connectivity index (χ4n) is 1.17. The average Bonchev–Trinajstić information content (AvgIpc) is 2.63. The van der Waals surface area contributed by atoms with Crippen LogP contribution in [0.25, 0.3) is 0 Å². The summed E-state index contributed by atoms with van der Waals surface area (Å²) in [6.07, 6.45) is 1.67. The lowest BCUT2D eigenvalue weighted by Crippen LogP contribution is -2.08. The first-order valence-corrected chi connectivity index (χ1v) is 7.06. The van der Waals surface area contributed by atoms with Gasteiger partial charge in [-0.2, -0.15) is 11.8 Å². The molecule has 0 atom stereocenters. The second-order valence-electron chi connectivity index (χ2n) is 4.46. The maximum atomic E-state index is 11.6. The first kappa shape index (κ1) is 12.8. The van der Waals surface area contributed by atoms with Gasteiger partial charge in [0.25, 0.3) is 0 Å². The van der Waals surface area contributed by atoms with Crippen LogP contribution in [0.5, 0.6) is 0 Å². The predicted octanol–water partition coefficient (Wildman–Crippen LogP) is 4.24. The van der Waals surface area contributed by atoms with E-state index in [-0.39, 0.29) is 0 Å². The highest BCUT2D eigenvalue weighted by Gasteiger charge is 2.11. The van der Waals surface area contributed by atoms with E-state index >= 15 is 0 Å². The third-order valence-corrected chi connectivity index (χ3v) is 4.15. The Labute approximate surface area is 100 Å². The highest BCUT2D eigenvalue weighted by atomic mass is 32.2. The van der Waals surface area contributed by atoms with Gasteiger partial charge in [0, 0.05) is 11.2 Å². The SMILES string of the molecule is CC(C)(C)SCCCC(=O)c1cccs1. The van der Waals surface area contributed by atoms with Crippen LogP contribution in [0.1, 0.15) is 43.3 Å². The molecule has 0 radical (unpaired) electrons. The number of thioether (sulfide) groups is 1. The third kappa shape index (κ3) is 5.38. The minimum atomic E-state index is 0.291. The number of rotatable bonds is 5. The van der Waals surface area contributed by atoms with Gasteiger partial charge in [0.05, 0.1) is 4.88 Å². The molecule has 0 aliphatic heterocycles. The van der Waals surface area contributed by atoms with Crippen molar-refractivity contribution in [1.29, 1.82) is 0 Å². The van der Waals surface area contributed by atoms with Crippen molar-refractivity contribution in [3.05, 3.63) is 22.4 Å². The summed E-state index contributed by atoms with van der Waals surface area (Å²) in [7, 11) is 0. The molecule has 1 heterocycles. The number of hydrogen-bond acceptors (Lipinski definition) is 3. The minimum absolute atomic E-state index is 0.291. The van der Waals surface area contributed by atoms with E-state index < -0.39 is 0 Å². The molecule has 1 rings (SSSR count). The smallest absolute Gasteiger partial charge is 0.172 e. The first-order valence-electron chi connectivity index (χ1n) is 5.20. The molecule has 1 aromatic heterocycles. The van der Waals surface area contributed by atoms with E-state index in [4.69, 9.17) is 0 Å². The highest BCUT2D eigenvalue weighted by molar-refractivity contribution is 8.00. The van der Waals surface area contributed by atoms with E-state index in [9.17, 15) is 4.79 Å². The lowest BCUT2D eigenvalue weighted by molar-refractivity contribution is 0.0986. The van der Waals surface area contributed by atoms with Crippen LogP contribution >= 0.6 is 23.1 Å². The van der Waals surface area contributed by atoms with Crippen LogP contribution in [-0.2, 0) is 0 Å². The van der Waals surface area contributed by atoms with Crippen molar-refractivity contribution in [1.82, 2.24) is 0 Å². The molecular formula is C12H18OS2. The van der Waals surface area contributed by atoms with E-state index in [1.54, 1.807) is 0 Å². The van der Waals surface area contributed by atoms with Gasteiger partial charge in [0.15, 0.2) is 5.78 Å². The van der Waals surface area contributed by atoms with Crippen molar-refractivity contribution in [2.45, 2.75) is 38.4 Å². The zero-order valence-corrected chi connectivity index (χ0v) is 11.2. The molecule has 0 N–H and O–H groups in total. The van der Waals surface area contributed by atoms with E-state index in [0.29, 0.717) is 17.0 Å². The molecule has 0 bridgehead atoms. The van der Waals surface area contributed by atoms with E-state index in [0.717, 1.165) is 17.1 Å². The number of carbonyl (C=O) groups is 1. The Balaban J connectivity index is 2.19. The van der Waals surface area contributed by atoms with Crippen LogP contribution in [0.4, 0.5) is 0 Å². The summed E-state index contributed by atoms with van der Waals surface area (Å²) in [5, 5.41) is 1.96. The summed E-state index contributed by atoms with van der Waals surface area (Å²) in [6, 6.07) is 3.84. The Morgan fingerprint density at radius 1 is 1.47 bits per heavy atom. The second kappa shape index (κ2) is 5.71. The lowest BCUT2D eigenvalue weighted by Gasteiger charge is -2.16. The molecule has 3 heteroatoms. The normalized spacial score (nSPS) is 11.7. The average molecular weight is 242 g/mol. The minimum Gasteiger partial charge on any atom is -0.293 e. The summed E-state index contributed by atoms with van der Waals surface area (Å²) in [6.45, 7) is 6.62. The Morgan fingerprint density at radius 2 is 2.20 bits per heavy atom. The van der Waals surface area contributed by atoms with Gasteiger partial charge in [-0.25, -0.2) is 0 Å². The van der Waals surface area contributed by atoms with Gasteiger partial charge in [-0.15, -0.1) is 11.3 Å².